The minimum Gasteiger partial charge on any atom is -0.356 e. The highest BCUT2D eigenvalue weighted by Gasteiger charge is 2.51. The maximum absolute atomic E-state index is 11.0. The fourth-order valence-corrected chi connectivity index (χ4v) is 0.808. The first kappa shape index (κ1) is 9.92. The molecule has 0 aliphatic carbocycles. The average molecular weight is 202 g/mol. The zero-order valence-corrected chi connectivity index (χ0v) is 6.66. The minimum atomic E-state index is -2.79. The molecule has 0 spiro atoms. The summed E-state index contributed by atoms with van der Waals surface area (Å²) in [6.45, 7) is 0. The number of primary amides is 1. The zero-order chi connectivity index (χ0) is 10.9. The van der Waals surface area contributed by atoms with Crippen molar-refractivity contribution in [3.8, 4) is 0 Å². The van der Waals surface area contributed by atoms with E-state index in [2.05, 4.69) is 5.73 Å². The van der Waals surface area contributed by atoms with Crippen LogP contribution in [0.3, 0.4) is 0 Å². The molecule has 1 saturated heterocycles. The predicted molar refractivity (Wildman–Crippen MR) is 39.4 cm³/mol. The number of aliphatic hydroxyl groups is 1. The van der Waals surface area contributed by atoms with E-state index in [1.54, 1.807) is 10.6 Å². The summed E-state index contributed by atoms with van der Waals surface area (Å²) in [5, 5.41) is 14.0. The van der Waals surface area contributed by atoms with Crippen LogP contribution >= 0.6 is 0 Å². The molecule has 1 unspecified atom stereocenters. The molecule has 1 atom stereocenters. The summed E-state index contributed by atoms with van der Waals surface area (Å²) in [4.78, 5) is 42.7. The van der Waals surface area contributed by atoms with Gasteiger partial charge in [-0.3, -0.25) is 25.5 Å². The van der Waals surface area contributed by atoms with Crippen molar-refractivity contribution in [1.82, 2.24) is 16.0 Å². The quantitative estimate of drug-likeness (QED) is 0.223. The van der Waals surface area contributed by atoms with Crippen LogP contribution in [-0.2, 0) is 9.59 Å². The standard InChI is InChI=1S/C5H6N4O5/c6-3(12)7-1(10)5(14)2(11)8-4(13)9-5/h14H,(H3,6,7,10,12)(H2,8,9,11,13). The molecule has 0 aromatic heterocycles. The second-order valence-electron chi connectivity index (χ2n) is 2.44. The molecule has 9 nitrogen and oxygen atoms in total. The third-order valence-corrected chi connectivity index (χ3v) is 1.42. The summed E-state index contributed by atoms with van der Waals surface area (Å²) >= 11 is 0. The van der Waals surface area contributed by atoms with Crippen LogP contribution in [0.25, 0.3) is 0 Å². The second kappa shape index (κ2) is 2.96. The number of hydrogen-bond acceptors (Lipinski definition) is 5. The largest absolute Gasteiger partial charge is 0.356 e. The average Bonchev–Trinajstić information content (AvgIpc) is 2.25. The number of rotatable bonds is 1. The number of urea groups is 2. The third-order valence-electron chi connectivity index (χ3n) is 1.42. The van der Waals surface area contributed by atoms with Gasteiger partial charge in [-0.25, -0.2) is 9.59 Å². The van der Waals surface area contributed by atoms with Crippen molar-refractivity contribution in [2.24, 2.45) is 5.73 Å². The van der Waals surface area contributed by atoms with Gasteiger partial charge in [0.05, 0.1) is 0 Å². The Labute approximate surface area is 76.6 Å². The summed E-state index contributed by atoms with van der Waals surface area (Å²) in [5.41, 5.74) is 1.79. The molecule has 0 aromatic rings. The number of nitrogens with two attached hydrogens (primary N) is 1. The van der Waals surface area contributed by atoms with Gasteiger partial charge in [0, 0.05) is 0 Å². The normalized spacial score (nSPS) is 25.2. The van der Waals surface area contributed by atoms with Crippen molar-refractivity contribution in [3.63, 3.8) is 0 Å². The highest BCUT2D eigenvalue weighted by molar-refractivity contribution is 6.20. The molecule has 14 heavy (non-hydrogen) atoms. The molecule has 1 aliphatic rings. The van der Waals surface area contributed by atoms with Crippen LogP contribution < -0.4 is 21.7 Å². The maximum atomic E-state index is 11.0. The Kier molecular flexibility index (Phi) is 2.10. The van der Waals surface area contributed by atoms with E-state index < -0.39 is 29.6 Å². The molecule has 0 aromatic carbocycles. The molecule has 76 valence electrons. The molecule has 1 rings (SSSR count). The van der Waals surface area contributed by atoms with Crippen LogP contribution in [-0.4, -0.2) is 34.7 Å². The van der Waals surface area contributed by atoms with Crippen molar-refractivity contribution < 1.29 is 24.3 Å². The lowest BCUT2D eigenvalue weighted by molar-refractivity contribution is -0.151. The molecule has 0 saturated carbocycles. The molecule has 1 aliphatic heterocycles. The van der Waals surface area contributed by atoms with Crippen LogP contribution in [0, 0.1) is 0 Å². The van der Waals surface area contributed by atoms with Gasteiger partial charge in [0.2, 0.25) is 0 Å². The van der Waals surface area contributed by atoms with E-state index >= 15 is 0 Å². The topological polar surface area (TPSA) is 151 Å². The van der Waals surface area contributed by atoms with Gasteiger partial charge < -0.3 is 10.8 Å². The van der Waals surface area contributed by atoms with Gasteiger partial charge in [0.15, 0.2) is 0 Å². The summed E-state index contributed by atoms with van der Waals surface area (Å²) in [7, 11) is 0. The van der Waals surface area contributed by atoms with E-state index in [4.69, 9.17) is 0 Å². The third kappa shape index (κ3) is 1.47. The first-order valence-corrected chi connectivity index (χ1v) is 3.33. The van der Waals surface area contributed by atoms with Gasteiger partial charge in [-0.15, -0.1) is 0 Å². The lowest BCUT2D eigenvalue weighted by Gasteiger charge is -2.16. The van der Waals surface area contributed by atoms with Crippen LogP contribution in [0.1, 0.15) is 0 Å². The Morgan fingerprint density at radius 3 is 2.36 bits per heavy atom. The van der Waals surface area contributed by atoms with Gasteiger partial charge in [0.25, 0.3) is 11.8 Å². The fraction of sp³-hybridized carbons (Fsp3) is 0.200. The van der Waals surface area contributed by atoms with E-state index in [0.29, 0.717) is 0 Å². The van der Waals surface area contributed by atoms with Crippen molar-refractivity contribution in [2.45, 2.75) is 5.72 Å². The van der Waals surface area contributed by atoms with E-state index in [9.17, 15) is 24.3 Å². The highest BCUT2D eigenvalue weighted by Crippen LogP contribution is 2.05. The van der Waals surface area contributed by atoms with Gasteiger partial charge in [-0.1, -0.05) is 0 Å². The monoisotopic (exact) mass is 202 g/mol. The number of amides is 6. The Hall–Kier alpha value is -2.16. The smallest absolute Gasteiger partial charge is 0.324 e. The van der Waals surface area contributed by atoms with Crippen LogP contribution in [0.4, 0.5) is 9.59 Å². The zero-order valence-electron chi connectivity index (χ0n) is 6.66. The number of nitrogens with one attached hydrogen (secondary N) is 3. The molecular weight excluding hydrogens is 196 g/mol. The molecule has 1 heterocycles. The van der Waals surface area contributed by atoms with Crippen LogP contribution in [0.15, 0.2) is 0 Å². The Morgan fingerprint density at radius 2 is 2.00 bits per heavy atom. The van der Waals surface area contributed by atoms with E-state index in [0.717, 1.165) is 0 Å². The number of carbonyl (C=O) groups excluding carboxylic acids is 4. The molecule has 6 amide bonds. The van der Waals surface area contributed by atoms with E-state index in [1.807, 2.05) is 0 Å². The van der Waals surface area contributed by atoms with Gasteiger partial charge >= 0.3 is 17.8 Å². The molecule has 0 bridgehead atoms. The van der Waals surface area contributed by atoms with Crippen LogP contribution in [0.5, 0.6) is 0 Å². The maximum Gasteiger partial charge on any atom is 0.324 e. The molecular formula is C5H6N4O5. The van der Waals surface area contributed by atoms with E-state index in [-0.39, 0.29) is 0 Å². The highest BCUT2D eigenvalue weighted by atomic mass is 16.3. The summed E-state index contributed by atoms with van der Waals surface area (Å²) in [6, 6.07) is -2.30. The minimum absolute atomic E-state index is 1.04. The lowest BCUT2D eigenvalue weighted by Crippen LogP contribution is -2.60. The number of hydrogen-bond donors (Lipinski definition) is 5. The molecule has 0 radical (unpaired) electrons. The summed E-state index contributed by atoms with van der Waals surface area (Å²) < 4.78 is 0. The van der Waals surface area contributed by atoms with Crippen molar-refractivity contribution in [3.05, 3.63) is 0 Å². The number of carbonyl (C=O) groups is 4. The lowest BCUT2D eigenvalue weighted by atomic mass is 10.2. The summed E-state index contributed by atoms with van der Waals surface area (Å²) in [5.74, 6) is -2.70. The summed E-state index contributed by atoms with van der Waals surface area (Å²) in [6.07, 6.45) is 0. The van der Waals surface area contributed by atoms with Crippen molar-refractivity contribution in [2.75, 3.05) is 0 Å². The van der Waals surface area contributed by atoms with E-state index in [1.165, 1.54) is 5.32 Å². The van der Waals surface area contributed by atoms with Crippen molar-refractivity contribution in [1.29, 1.82) is 0 Å². The van der Waals surface area contributed by atoms with Crippen molar-refractivity contribution >= 4 is 23.9 Å². The SMILES string of the molecule is NC(=O)NC(=O)C1(O)NC(=O)NC1=O. The number of imide groups is 2. The predicted octanol–water partition coefficient (Wildman–Crippen LogP) is -3.29. The fourth-order valence-electron chi connectivity index (χ4n) is 0.808. The molecule has 1 fully saturated rings. The first-order valence-electron chi connectivity index (χ1n) is 3.33. The van der Waals surface area contributed by atoms with Gasteiger partial charge in [-0.2, -0.15) is 0 Å². The first-order chi connectivity index (χ1) is 6.36. The van der Waals surface area contributed by atoms with Gasteiger partial charge in [-0.05, 0) is 0 Å². The Balaban J connectivity index is 2.85. The van der Waals surface area contributed by atoms with Gasteiger partial charge in [0.1, 0.15) is 0 Å². The Morgan fingerprint density at radius 1 is 1.43 bits per heavy atom. The second-order valence-corrected chi connectivity index (χ2v) is 2.44. The Bertz CT molecular complexity index is 339. The van der Waals surface area contributed by atoms with Crippen LogP contribution in [0.2, 0.25) is 0 Å². The molecule has 6 N–H and O–H groups in total. The molecule has 9 heteroatoms.